The number of rotatable bonds is 6. The SMILES string of the molecule is COc1c(C)cc(CCNCC(C)=O)c(C)c1C. The number of methoxy groups -OCH3 is 1. The van der Waals surface area contributed by atoms with Gasteiger partial charge >= 0.3 is 0 Å². The monoisotopic (exact) mass is 249 g/mol. The molecule has 0 aliphatic rings. The van der Waals surface area contributed by atoms with Crippen LogP contribution in [0.15, 0.2) is 6.07 Å². The second-order valence-corrected chi connectivity index (χ2v) is 4.76. The van der Waals surface area contributed by atoms with Crippen LogP contribution in [0.3, 0.4) is 0 Å². The van der Waals surface area contributed by atoms with E-state index in [1.54, 1.807) is 14.0 Å². The maximum absolute atomic E-state index is 10.8. The Balaban J connectivity index is 2.75. The van der Waals surface area contributed by atoms with Crippen LogP contribution in [0.5, 0.6) is 5.75 Å². The van der Waals surface area contributed by atoms with Gasteiger partial charge in [-0.2, -0.15) is 0 Å². The Morgan fingerprint density at radius 1 is 1.28 bits per heavy atom. The largest absolute Gasteiger partial charge is 0.496 e. The van der Waals surface area contributed by atoms with Gasteiger partial charge < -0.3 is 10.1 Å². The van der Waals surface area contributed by atoms with Crippen LogP contribution in [0.4, 0.5) is 0 Å². The Labute approximate surface area is 110 Å². The van der Waals surface area contributed by atoms with Crippen molar-refractivity contribution in [3.63, 3.8) is 0 Å². The van der Waals surface area contributed by atoms with Crippen LogP contribution in [0.1, 0.15) is 29.2 Å². The minimum atomic E-state index is 0.175. The normalized spacial score (nSPS) is 10.5. The molecule has 3 nitrogen and oxygen atoms in total. The standard InChI is InChI=1S/C15H23NO2/c1-10-8-14(6-7-16-9-11(2)17)12(3)13(4)15(10)18-5/h8,16H,6-7,9H2,1-5H3. The lowest BCUT2D eigenvalue weighted by molar-refractivity contribution is -0.116. The summed E-state index contributed by atoms with van der Waals surface area (Å²) in [7, 11) is 1.71. The third-order valence-corrected chi connectivity index (χ3v) is 3.28. The van der Waals surface area contributed by atoms with Crippen molar-refractivity contribution in [2.45, 2.75) is 34.1 Å². The molecule has 0 spiro atoms. The van der Waals surface area contributed by atoms with E-state index in [4.69, 9.17) is 4.74 Å². The van der Waals surface area contributed by atoms with Crippen molar-refractivity contribution in [1.29, 1.82) is 0 Å². The summed E-state index contributed by atoms with van der Waals surface area (Å²) in [5, 5.41) is 3.15. The van der Waals surface area contributed by atoms with Crippen molar-refractivity contribution in [2.75, 3.05) is 20.2 Å². The lowest BCUT2D eigenvalue weighted by Gasteiger charge is -2.15. The van der Waals surface area contributed by atoms with Crippen LogP contribution in [0, 0.1) is 20.8 Å². The lowest BCUT2D eigenvalue weighted by Crippen LogP contribution is -2.23. The predicted octanol–water partition coefficient (Wildman–Crippen LogP) is 2.34. The first-order valence-corrected chi connectivity index (χ1v) is 6.31. The number of hydrogen-bond acceptors (Lipinski definition) is 3. The Morgan fingerprint density at radius 3 is 2.50 bits per heavy atom. The molecule has 0 aromatic heterocycles. The molecule has 0 aliphatic carbocycles. The van der Waals surface area contributed by atoms with Crippen LogP contribution in [0.2, 0.25) is 0 Å². The highest BCUT2D eigenvalue weighted by atomic mass is 16.5. The first-order chi connectivity index (χ1) is 8.47. The first kappa shape index (κ1) is 14.7. The molecule has 0 atom stereocenters. The molecule has 3 heteroatoms. The van der Waals surface area contributed by atoms with Gasteiger partial charge in [0.25, 0.3) is 0 Å². The summed E-state index contributed by atoms with van der Waals surface area (Å²) in [6.07, 6.45) is 0.935. The number of ketones is 1. The molecule has 1 rings (SSSR count). The topological polar surface area (TPSA) is 38.3 Å². The highest BCUT2D eigenvalue weighted by molar-refractivity contribution is 5.77. The van der Waals surface area contributed by atoms with Gasteiger partial charge in [0.1, 0.15) is 11.5 Å². The van der Waals surface area contributed by atoms with Crippen LogP contribution in [-0.4, -0.2) is 26.0 Å². The molecule has 0 bridgehead atoms. The number of benzene rings is 1. The van der Waals surface area contributed by atoms with E-state index in [9.17, 15) is 4.79 Å². The summed E-state index contributed by atoms with van der Waals surface area (Å²) in [6, 6.07) is 2.18. The molecule has 0 heterocycles. The fourth-order valence-corrected chi connectivity index (χ4v) is 2.20. The number of carbonyl (C=O) groups is 1. The maximum Gasteiger partial charge on any atom is 0.143 e. The molecule has 0 saturated carbocycles. The van der Waals surface area contributed by atoms with Crippen LogP contribution < -0.4 is 10.1 Å². The lowest BCUT2D eigenvalue weighted by atomic mass is 9.96. The van der Waals surface area contributed by atoms with E-state index >= 15 is 0 Å². The Bertz CT molecular complexity index is 439. The molecular formula is C15H23NO2. The number of aryl methyl sites for hydroxylation is 1. The van der Waals surface area contributed by atoms with Crippen LogP contribution in [0.25, 0.3) is 0 Å². The molecule has 1 aromatic carbocycles. The molecule has 0 radical (unpaired) electrons. The van der Waals surface area contributed by atoms with Gasteiger partial charge in [0.05, 0.1) is 13.7 Å². The summed E-state index contributed by atoms with van der Waals surface area (Å²) in [5.41, 5.74) is 4.98. The van der Waals surface area contributed by atoms with Crippen LogP contribution >= 0.6 is 0 Å². The Morgan fingerprint density at radius 2 is 1.94 bits per heavy atom. The van der Waals surface area contributed by atoms with Crippen molar-refractivity contribution < 1.29 is 9.53 Å². The van der Waals surface area contributed by atoms with Gasteiger partial charge in [0.15, 0.2) is 0 Å². The summed E-state index contributed by atoms with van der Waals surface area (Å²) >= 11 is 0. The summed E-state index contributed by atoms with van der Waals surface area (Å²) in [5.74, 6) is 1.15. The maximum atomic E-state index is 10.8. The average Bonchev–Trinajstić information content (AvgIpc) is 2.31. The van der Waals surface area contributed by atoms with E-state index in [0.717, 1.165) is 18.7 Å². The van der Waals surface area contributed by atoms with Gasteiger partial charge in [0.2, 0.25) is 0 Å². The summed E-state index contributed by atoms with van der Waals surface area (Å²) in [6.45, 7) is 9.15. The predicted molar refractivity (Wildman–Crippen MR) is 74.5 cm³/mol. The second-order valence-electron chi connectivity index (χ2n) is 4.76. The van der Waals surface area contributed by atoms with E-state index < -0.39 is 0 Å². The van der Waals surface area contributed by atoms with E-state index in [2.05, 4.69) is 32.2 Å². The van der Waals surface area contributed by atoms with Gasteiger partial charge in [-0.1, -0.05) is 6.07 Å². The number of ether oxygens (including phenoxy) is 1. The minimum absolute atomic E-state index is 0.175. The first-order valence-electron chi connectivity index (χ1n) is 6.31. The average molecular weight is 249 g/mol. The van der Waals surface area contributed by atoms with E-state index in [1.807, 2.05) is 0 Å². The number of Topliss-reactive ketones (excluding diaryl/α,β-unsaturated/α-hetero) is 1. The van der Waals surface area contributed by atoms with Gasteiger partial charge in [-0.25, -0.2) is 0 Å². The van der Waals surface area contributed by atoms with E-state index in [0.29, 0.717) is 6.54 Å². The minimum Gasteiger partial charge on any atom is -0.496 e. The molecule has 0 saturated heterocycles. The molecule has 0 amide bonds. The van der Waals surface area contributed by atoms with Crippen molar-refractivity contribution in [3.05, 3.63) is 28.3 Å². The number of nitrogens with one attached hydrogen (secondary N) is 1. The van der Waals surface area contributed by atoms with Crippen molar-refractivity contribution in [2.24, 2.45) is 0 Å². The Hall–Kier alpha value is -1.35. The third kappa shape index (κ3) is 3.57. The van der Waals surface area contributed by atoms with E-state index in [1.165, 1.54) is 22.3 Å². The molecule has 1 aromatic rings. The van der Waals surface area contributed by atoms with Gasteiger partial charge in [-0.3, -0.25) is 4.79 Å². The molecule has 100 valence electrons. The highest BCUT2D eigenvalue weighted by Crippen LogP contribution is 2.28. The van der Waals surface area contributed by atoms with Crippen LogP contribution in [-0.2, 0) is 11.2 Å². The highest BCUT2D eigenvalue weighted by Gasteiger charge is 2.10. The molecule has 0 fully saturated rings. The van der Waals surface area contributed by atoms with Crippen molar-refractivity contribution in [3.8, 4) is 5.75 Å². The smallest absolute Gasteiger partial charge is 0.143 e. The molecule has 18 heavy (non-hydrogen) atoms. The quantitative estimate of drug-likeness (QED) is 0.786. The second kappa shape index (κ2) is 6.55. The number of hydrogen-bond donors (Lipinski definition) is 1. The fourth-order valence-electron chi connectivity index (χ4n) is 2.20. The zero-order valence-corrected chi connectivity index (χ0v) is 12.0. The van der Waals surface area contributed by atoms with Crippen molar-refractivity contribution >= 4 is 5.78 Å². The zero-order valence-electron chi connectivity index (χ0n) is 12.0. The molecular weight excluding hydrogens is 226 g/mol. The molecule has 0 unspecified atom stereocenters. The van der Waals surface area contributed by atoms with Gasteiger partial charge in [0, 0.05) is 0 Å². The van der Waals surface area contributed by atoms with E-state index in [-0.39, 0.29) is 5.78 Å². The Kier molecular flexibility index (Phi) is 5.35. The number of carbonyl (C=O) groups excluding carboxylic acids is 1. The fraction of sp³-hybridized carbons (Fsp3) is 0.533. The summed E-state index contributed by atoms with van der Waals surface area (Å²) in [4.78, 5) is 10.8. The van der Waals surface area contributed by atoms with Gasteiger partial charge in [-0.15, -0.1) is 0 Å². The third-order valence-electron chi connectivity index (χ3n) is 3.28. The molecule has 0 aliphatic heterocycles. The summed E-state index contributed by atoms with van der Waals surface area (Å²) < 4.78 is 5.41. The van der Waals surface area contributed by atoms with Gasteiger partial charge in [-0.05, 0) is 62.9 Å². The van der Waals surface area contributed by atoms with Crippen molar-refractivity contribution in [1.82, 2.24) is 5.32 Å². The zero-order chi connectivity index (χ0) is 13.7. The molecule has 1 N–H and O–H groups in total.